The van der Waals surface area contributed by atoms with Crippen LogP contribution in [-0.4, -0.2) is 66.8 Å². The van der Waals surface area contributed by atoms with E-state index in [0.29, 0.717) is 0 Å². The Morgan fingerprint density at radius 3 is 2.76 bits per heavy atom. The monoisotopic (exact) mass is 295 g/mol. The van der Waals surface area contributed by atoms with Gasteiger partial charge in [0.25, 0.3) is 0 Å². The Morgan fingerprint density at radius 1 is 1.24 bits per heavy atom. The SMILES string of the molecule is CN1CCCC2CN(C3(CN)CCOC(C)(C)C3)CCC21. The summed E-state index contributed by atoms with van der Waals surface area (Å²) in [4.78, 5) is 5.33. The van der Waals surface area contributed by atoms with E-state index >= 15 is 0 Å². The Bertz CT molecular complexity index is 373. The van der Waals surface area contributed by atoms with Gasteiger partial charge in [0.05, 0.1) is 5.60 Å². The highest BCUT2D eigenvalue weighted by molar-refractivity contribution is 5.03. The summed E-state index contributed by atoms with van der Waals surface area (Å²) in [5.41, 5.74) is 6.42. The molecule has 3 atom stereocenters. The lowest BCUT2D eigenvalue weighted by molar-refractivity contribution is -0.130. The highest BCUT2D eigenvalue weighted by Crippen LogP contribution is 2.40. The first-order chi connectivity index (χ1) is 9.96. The molecule has 0 spiro atoms. The van der Waals surface area contributed by atoms with Gasteiger partial charge >= 0.3 is 0 Å². The van der Waals surface area contributed by atoms with Gasteiger partial charge in [0.2, 0.25) is 0 Å². The van der Waals surface area contributed by atoms with Crippen molar-refractivity contribution in [2.45, 2.75) is 63.1 Å². The van der Waals surface area contributed by atoms with Gasteiger partial charge in [-0.3, -0.25) is 4.90 Å². The molecule has 3 unspecified atom stereocenters. The van der Waals surface area contributed by atoms with Crippen molar-refractivity contribution in [2.75, 3.05) is 39.8 Å². The number of rotatable bonds is 2. The van der Waals surface area contributed by atoms with Crippen LogP contribution in [0.3, 0.4) is 0 Å². The van der Waals surface area contributed by atoms with E-state index in [0.717, 1.165) is 38.0 Å². The van der Waals surface area contributed by atoms with Crippen molar-refractivity contribution in [3.8, 4) is 0 Å². The van der Waals surface area contributed by atoms with Crippen molar-refractivity contribution in [1.29, 1.82) is 0 Å². The minimum absolute atomic E-state index is 0.0299. The maximum absolute atomic E-state index is 6.28. The number of fused-ring (bicyclic) bond motifs is 1. The molecule has 0 radical (unpaired) electrons. The first-order valence-electron chi connectivity index (χ1n) is 8.75. The van der Waals surface area contributed by atoms with Crippen LogP contribution in [0.1, 0.15) is 46.0 Å². The normalized spacial score (nSPS) is 41.7. The molecule has 4 heteroatoms. The van der Waals surface area contributed by atoms with Gasteiger partial charge in [-0.25, -0.2) is 0 Å². The first kappa shape index (κ1) is 15.7. The fourth-order valence-corrected chi connectivity index (χ4v) is 5.11. The zero-order valence-corrected chi connectivity index (χ0v) is 14.1. The van der Waals surface area contributed by atoms with Gasteiger partial charge in [-0.2, -0.15) is 0 Å². The predicted octanol–water partition coefficient (Wildman–Crippen LogP) is 1.69. The fourth-order valence-electron chi connectivity index (χ4n) is 5.11. The number of nitrogens with two attached hydrogens (primary N) is 1. The average molecular weight is 295 g/mol. The topological polar surface area (TPSA) is 41.7 Å². The van der Waals surface area contributed by atoms with E-state index in [4.69, 9.17) is 10.5 Å². The summed E-state index contributed by atoms with van der Waals surface area (Å²) in [5, 5.41) is 0. The Hall–Kier alpha value is -0.160. The van der Waals surface area contributed by atoms with Crippen LogP contribution in [0, 0.1) is 5.92 Å². The molecule has 3 heterocycles. The minimum Gasteiger partial charge on any atom is -0.375 e. The molecular weight excluding hydrogens is 262 g/mol. The molecule has 0 amide bonds. The Morgan fingerprint density at radius 2 is 2.05 bits per heavy atom. The number of piperidine rings is 2. The molecule has 3 saturated heterocycles. The summed E-state index contributed by atoms with van der Waals surface area (Å²) in [6.07, 6.45) is 6.23. The van der Waals surface area contributed by atoms with Gasteiger partial charge in [-0.15, -0.1) is 0 Å². The van der Waals surface area contributed by atoms with E-state index in [1.54, 1.807) is 0 Å². The molecule has 3 rings (SSSR count). The zero-order valence-electron chi connectivity index (χ0n) is 14.1. The second-order valence-electron chi connectivity index (χ2n) is 8.15. The second kappa shape index (κ2) is 5.80. The van der Waals surface area contributed by atoms with E-state index in [1.807, 2.05) is 0 Å². The molecule has 0 aromatic heterocycles. The summed E-state index contributed by atoms with van der Waals surface area (Å²) in [6, 6.07) is 0.803. The standard InChI is InChI=1S/C17H33N3O/c1-16(2)12-17(13-18,7-10-21-16)20-9-6-15-14(11-20)5-4-8-19(15)3/h14-15H,4-13,18H2,1-3H3. The van der Waals surface area contributed by atoms with Crippen LogP contribution >= 0.6 is 0 Å². The van der Waals surface area contributed by atoms with Crippen molar-refractivity contribution in [3.05, 3.63) is 0 Å². The lowest BCUT2D eigenvalue weighted by Crippen LogP contribution is -2.65. The number of likely N-dealkylation sites (tertiary alicyclic amines) is 2. The van der Waals surface area contributed by atoms with Crippen LogP contribution in [0.25, 0.3) is 0 Å². The first-order valence-corrected chi connectivity index (χ1v) is 8.75. The summed E-state index contributed by atoms with van der Waals surface area (Å²) < 4.78 is 5.95. The van der Waals surface area contributed by atoms with Crippen LogP contribution < -0.4 is 5.73 Å². The van der Waals surface area contributed by atoms with Gasteiger partial charge in [0, 0.05) is 37.8 Å². The summed E-state index contributed by atoms with van der Waals surface area (Å²) in [7, 11) is 2.31. The van der Waals surface area contributed by atoms with Crippen LogP contribution in [0.15, 0.2) is 0 Å². The maximum Gasteiger partial charge on any atom is 0.0644 e. The molecule has 0 aliphatic carbocycles. The lowest BCUT2D eigenvalue weighted by Gasteiger charge is -2.55. The molecule has 2 N–H and O–H groups in total. The molecule has 0 saturated carbocycles. The van der Waals surface area contributed by atoms with E-state index in [2.05, 4.69) is 30.7 Å². The Balaban J connectivity index is 1.73. The summed E-state index contributed by atoms with van der Waals surface area (Å²) in [5.74, 6) is 0.840. The number of ether oxygens (including phenoxy) is 1. The lowest BCUT2D eigenvalue weighted by atomic mass is 9.76. The zero-order chi connectivity index (χ0) is 15.1. The van der Waals surface area contributed by atoms with Gasteiger partial charge in [-0.1, -0.05) is 0 Å². The van der Waals surface area contributed by atoms with Gasteiger partial charge in [0.1, 0.15) is 0 Å². The third kappa shape index (κ3) is 3.00. The molecule has 3 fully saturated rings. The second-order valence-corrected chi connectivity index (χ2v) is 8.15. The van der Waals surface area contributed by atoms with Crippen molar-refractivity contribution in [1.82, 2.24) is 9.80 Å². The summed E-state index contributed by atoms with van der Waals surface area (Å²) >= 11 is 0. The van der Waals surface area contributed by atoms with E-state index in [9.17, 15) is 0 Å². The molecule has 4 nitrogen and oxygen atoms in total. The quantitative estimate of drug-likeness (QED) is 0.842. The number of hydrogen-bond acceptors (Lipinski definition) is 4. The van der Waals surface area contributed by atoms with E-state index in [-0.39, 0.29) is 11.1 Å². The van der Waals surface area contributed by atoms with E-state index < -0.39 is 0 Å². The Kier molecular flexibility index (Phi) is 4.34. The minimum atomic E-state index is -0.0299. The van der Waals surface area contributed by atoms with Crippen molar-refractivity contribution in [3.63, 3.8) is 0 Å². The highest BCUT2D eigenvalue weighted by Gasteiger charge is 2.47. The van der Waals surface area contributed by atoms with Crippen LogP contribution in [0.5, 0.6) is 0 Å². The third-order valence-corrected chi connectivity index (χ3v) is 6.21. The van der Waals surface area contributed by atoms with Crippen LogP contribution in [0.4, 0.5) is 0 Å². The molecule has 3 aliphatic rings. The number of nitrogens with zero attached hydrogens (tertiary/aromatic N) is 2. The van der Waals surface area contributed by atoms with Crippen LogP contribution in [-0.2, 0) is 4.74 Å². The highest BCUT2D eigenvalue weighted by atomic mass is 16.5. The maximum atomic E-state index is 6.28. The molecule has 0 aromatic rings. The predicted molar refractivity (Wildman–Crippen MR) is 86.4 cm³/mol. The molecular formula is C17H33N3O. The number of hydrogen-bond donors (Lipinski definition) is 1. The van der Waals surface area contributed by atoms with Gasteiger partial charge < -0.3 is 15.4 Å². The van der Waals surface area contributed by atoms with E-state index in [1.165, 1.54) is 38.9 Å². The Labute approximate surface area is 130 Å². The van der Waals surface area contributed by atoms with Gasteiger partial charge in [-0.05, 0) is 65.5 Å². The molecule has 3 aliphatic heterocycles. The third-order valence-electron chi connectivity index (χ3n) is 6.21. The largest absolute Gasteiger partial charge is 0.375 e. The van der Waals surface area contributed by atoms with Crippen molar-refractivity contribution >= 4 is 0 Å². The van der Waals surface area contributed by atoms with Crippen LogP contribution in [0.2, 0.25) is 0 Å². The molecule has 0 bridgehead atoms. The average Bonchev–Trinajstić information content (AvgIpc) is 2.46. The fraction of sp³-hybridized carbons (Fsp3) is 1.00. The summed E-state index contributed by atoms with van der Waals surface area (Å²) in [6.45, 7) is 9.79. The van der Waals surface area contributed by atoms with Crippen molar-refractivity contribution in [2.24, 2.45) is 11.7 Å². The molecule has 0 aromatic carbocycles. The smallest absolute Gasteiger partial charge is 0.0644 e. The molecule has 122 valence electrons. The molecule has 21 heavy (non-hydrogen) atoms. The van der Waals surface area contributed by atoms with Gasteiger partial charge in [0.15, 0.2) is 0 Å². The van der Waals surface area contributed by atoms with Crippen molar-refractivity contribution < 1.29 is 4.74 Å².